The fourth-order valence-corrected chi connectivity index (χ4v) is 4.18. The Balaban J connectivity index is 1.42. The number of nitrogens with one attached hydrogen (secondary N) is 1. The highest BCUT2D eigenvalue weighted by atomic mass is 32.2. The van der Waals surface area contributed by atoms with Gasteiger partial charge in [0.15, 0.2) is 0 Å². The van der Waals surface area contributed by atoms with E-state index in [9.17, 15) is 4.39 Å². The zero-order valence-electron chi connectivity index (χ0n) is 10.6. The Hall–Kier alpha value is -0.540. The van der Waals surface area contributed by atoms with E-state index in [0.29, 0.717) is 12.0 Å². The van der Waals surface area contributed by atoms with Crippen LogP contribution in [-0.2, 0) is 0 Å². The SMILES string of the molecule is Fc1cccc(C2CC(NCC3CCSC3)C2)c1. The highest BCUT2D eigenvalue weighted by Gasteiger charge is 2.30. The average molecular weight is 265 g/mol. The van der Waals surface area contributed by atoms with Crippen LogP contribution in [0.1, 0.15) is 30.7 Å². The molecule has 0 radical (unpaired) electrons. The average Bonchev–Trinajstić information content (AvgIpc) is 2.80. The Morgan fingerprint density at radius 2 is 2.22 bits per heavy atom. The van der Waals surface area contributed by atoms with Crippen LogP contribution < -0.4 is 5.32 Å². The largest absolute Gasteiger partial charge is 0.314 e. The van der Waals surface area contributed by atoms with Gasteiger partial charge in [-0.2, -0.15) is 11.8 Å². The van der Waals surface area contributed by atoms with Gasteiger partial charge in [0.05, 0.1) is 0 Å². The van der Waals surface area contributed by atoms with E-state index in [4.69, 9.17) is 0 Å². The lowest BCUT2D eigenvalue weighted by Crippen LogP contribution is -2.42. The first-order valence-electron chi connectivity index (χ1n) is 6.88. The minimum absolute atomic E-state index is 0.105. The predicted octanol–water partition coefficient (Wildman–Crippen LogP) is 3.41. The normalized spacial score (nSPS) is 31.3. The van der Waals surface area contributed by atoms with Crippen molar-refractivity contribution in [1.29, 1.82) is 0 Å². The second-order valence-corrected chi connectivity index (χ2v) is 6.71. The second-order valence-electron chi connectivity index (χ2n) is 5.56. The van der Waals surface area contributed by atoms with Crippen molar-refractivity contribution in [2.45, 2.75) is 31.2 Å². The van der Waals surface area contributed by atoms with E-state index in [0.717, 1.165) is 5.92 Å². The van der Waals surface area contributed by atoms with E-state index >= 15 is 0 Å². The summed E-state index contributed by atoms with van der Waals surface area (Å²) in [6, 6.07) is 7.74. The van der Waals surface area contributed by atoms with Crippen LogP contribution in [-0.4, -0.2) is 24.1 Å². The van der Waals surface area contributed by atoms with E-state index in [1.165, 1.54) is 48.9 Å². The van der Waals surface area contributed by atoms with Crippen LogP contribution in [0.15, 0.2) is 24.3 Å². The van der Waals surface area contributed by atoms with Gasteiger partial charge in [-0.1, -0.05) is 12.1 Å². The molecular formula is C15H20FNS. The molecule has 1 unspecified atom stereocenters. The maximum atomic E-state index is 13.1. The third-order valence-corrected chi connectivity index (χ3v) is 5.41. The summed E-state index contributed by atoms with van der Waals surface area (Å²) in [7, 11) is 0. The molecule has 3 rings (SSSR count). The van der Waals surface area contributed by atoms with Crippen LogP contribution in [0, 0.1) is 11.7 Å². The molecule has 0 amide bonds. The smallest absolute Gasteiger partial charge is 0.123 e. The van der Waals surface area contributed by atoms with Crippen LogP contribution in [0.5, 0.6) is 0 Å². The Kier molecular flexibility index (Phi) is 3.90. The van der Waals surface area contributed by atoms with Gasteiger partial charge in [-0.25, -0.2) is 4.39 Å². The van der Waals surface area contributed by atoms with E-state index < -0.39 is 0 Å². The Labute approximate surface area is 113 Å². The van der Waals surface area contributed by atoms with Crippen LogP contribution in [0.2, 0.25) is 0 Å². The Morgan fingerprint density at radius 3 is 2.94 bits per heavy atom. The van der Waals surface area contributed by atoms with Crippen LogP contribution in [0.4, 0.5) is 4.39 Å². The molecule has 1 aliphatic heterocycles. The van der Waals surface area contributed by atoms with E-state index in [2.05, 4.69) is 23.1 Å². The molecule has 1 aromatic carbocycles. The summed E-state index contributed by atoms with van der Waals surface area (Å²) < 4.78 is 13.1. The van der Waals surface area contributed by atoms with Gasteiger partial charge in [-0.15, -0.1) is 0 Å². The molecule has 0 bridgehead atoms. The lowest BCUT2D eigenvalue weighted by Gasteiger charge is -2.37. The van der Waals surface area contributed by atoms with Crippen molar-refractivity contribution in [2.75, 3.05) is 18.1 Å². The summed E-state index contributed by atoms with van der Waals surface area (Å²) in [6.07, 6.45) is 3.71. The molecule has 1 aliphatic carbocycles. The number of hydrogen-bond acceptors (Lipinski definition) is 2. The van der Waals surface area contributed by atoms with Crippen LogP contribution in [0.25, 0.3) is 0 Å². The van der Waals surface area contributed by atoms with E-state index in [-0.39, 0.29) is 5.82 Å². The van der Waals surface area contributed by atoms with Crippen molar-refractivity contribution in [1.82, 2.24) is 5.32 Å². The molecule has 1 atom stereocenters. The fourth-order valence-electron chi connectivity index (χ4n) is 2.89. The van der Waals surface area contributed by atoms with Gasteiger partial charge in [0, 0.05) is 6.04 Å². The summed E-state index contributed by atoms with van der Waals surface area (Å²) in [4.78, 5) is 0. The van der Waals surface area contributed by atoms with Crippen molar-refractivity contribution in [3.63, 3.8) is 0 Å². The van der Waals surface area contributed by atoms with Gasteiger partial charge in [-0.05, 0) is 66.8 Å². The van der Waals surface area contributed by atoms with Gasteiger partial charge in [0.25, 0.3) is 0 Å². The molecule has 1 heterocycles. The maximum absolute atomic E-state index is 13.1. The number of rotatable bonds is 4. The van der Waals surface area contributed by atoms with Crippen molar-refractivity contribution in [3.8, 4) is 0 Å². The molecule has 1 aromatic rings. The summed E-state index contributed by atoms with van der Waals surface area (Å²) in [5.41, 5.74) is 1.17. The molecule has 2 aliphatic rings. The molecule has 0 spiro atoms. The summed E-state index contributed by atoms with van der Waals surface area (Å²) in [6.45, 7) is 1.17. The molecular weight excluding hydrogens is 245 g/mol. The highest BCUT2D eigenvalue weighted by molar-refractivity contribution is 7.99. The van der Waals surface area contributed by atoms with Crippen LogP contribution in [0.3, 0.4) is 0 Å². The van der Waals surface area contributed by atoms with Gasteiger partial charge < -0.3 is 5.32 Å². The Bertz CT molecular complexity index is 397. The van der Waals surface area contributed by atoms with Crippen LogP contribution >= 0.6 is 11.8 Å². The highest BCUT2D eigenvalue weighted by Crippen LogP contribution is 2.37. The monoisotopic (exact) mass is 265 g/mol. The lowest BCUT2D eigenvalue weighted by atomic mass is 9.76. The van der Waals surface area contributed by atoms with Crippen molar-refractivity contribution < 1.29 is 4.39 Å². The number of halogens is 1. The molecule has 98 valence electrons. The molecule has 1 N–H and O–H groups in total. The van der Waals surface area contributed by atoms with Gasteiger partial charge in [0.1, 0.15) is 5.82 Å². The third-order valence-electron chi connectivity index (χ3n) is 4.18. The zero-order valence-corrected chi connectivity index (χ0v) is 11.4. The van der Waals surface area contributed by atoms with Gasteiger partial charge in [-0.3, -0.25) is 0 Å². The molecule has 3 heteroatoms. The summed E-state index contributed by atoms with van der Waals surface area (Å²) in [5.74, 6) is 4.00. The quantitative estimate of drug-likeness (QED) is 0.895. The first kappa shape index (κ1) is 12.5. The fraction of sp³-hybridized carbons (Fsp3) is 0.600. The molecule has 1 nitrogen and oxygen atoms in total. The van der Waals surface area contributed by atoms with E-state index in [1.807, 2.05) is 6.07 Å². The number of hydrogen-bond donors (Lipinski definition) is 1. The predicted molar refractivity (Wildman–Crippen MR) is 75.6 cm³/mol. The van der Waals surface area contributed by atoms with E-state index in [1.54, 1.807) is 6.07 Å². The molecule has 1 saturated carbocycles. The van der Waals surface area contributed by atoms with Crippen molar-refractivity contribution >= 4 is 11.8 Å². The number of benzene rings is 1. The molecule has 0 aromatic heterocycles. The summed E-state index contributed by atoms with van der Waals surface area (Å²) in [5, 5.41) is 3.67. The standard InChI is InChI=1S/C15H20FNS/c16-14-3-1-2-12(6-14)13-7-15(8-13)17-9-11-4-5-18-10-11/h1-3,6,11,13,15,17H,4-5,7-10H2. The first-order chi connectivity index (χ1) is 8.81. The molecule has 18 heavy (non-hydrogen) atoms. The van der Waals surface area contributed by atoms with Crippen molar-refractivity contribution in [2.24, 2.45) is 5.92 Å². The maximum Gasteiger partial charge on any atom is 0.123 e. The first-order valence-corrected chi connectivity index (χ1v) is 8.03. The Morgan fingerprint density at radius 1 is 1.33 bits per heavy atom. The molecule has 2 fully saturated rings. The van der Waals surface area contributed by atoms with Gasteiger partial charge >= 0.3 is 0 Å². The zero-order chi connectivity index (χ0) is 12.4. The topological polar surface area (TPSA) is 12.0 Å². The minimum atomic E-state index is -0.105. The minimum Gasteiger partial charge on any atom is -0.314 e. The third kappa shape index (κ3) is 2.89. The summed E-state index contributed by atoms with van der Waals surface area (Å²) >= 11 is 2.08. The van der Waals surface area contributed by atoms with Gasteiger partial charge in [0.2, 0.25) is 0 Å². The lowest BCUT2D eigenvalue weighted by molar-refractivity contribution is 0.279. The van der Waals surface area contributed by atoms with Crippen molar-refractivity contribution in [3.05, 3.63) is 35.6 Å². The number of thioether (sulfide) groups is 1. The molecule has 1 saturated heterocycles. The second kappa shape index (κ2) is 5.62.